The van der Waals surface area contributed by atoms with Crippen LogP contribution in [0.3, 0.4) is 0 Å². The molecule has 0 radical (unpaired) electrons. The van der Waals surface area contributed by atoms with Crippen molar-refractivity contribution in [3.8, 4) is 0 Å². The molecule has 0 saturated heterocycles. The van der Waals surface area contributed by atoms with E-state index in [-0.39, 0.29) is 18.4 Å². The summed E-state index contributed by atoms with van der Waals surface area (Å²) in [4.78, 5) is 22.5. The van der Waals surface area contributed by atoms with Gasteiger partial charge in [0.05, 0.1) is 6.54 Å². The van der Waals surface area contributed by atoms with Crippen LogP contribution < -0.4 is 10.6 Å². The molecule has 0 heterocycles. The lowest BCUT2D eigenvalue weighted by atomic mass is 9.84. The van der Waals surface area contributed by atoms with Gasteiger partial charge in [-0.2, -0.15) is 0 Å². The summed E-state index contributed by atoms with van der Waals surface area (Å²) >= 11 is 0. The van der Waals surface area contributed by atoms with E-state index in [1.165, 1.54) is 6.42 Å². The van der Waals surface area contributed by atoms with Crippen molar-refractivity contribution in [1.82, 2.24) is 10.6 Å². The molecule has 5 heteroatoms. The summed E-state index contributed by atoms with van der Waals surface area (Å²) in [5, 5.41) is 14.4. The Hall–Kier alpha value is -1.10. The molecule has 1 rings (SSSR count). The number of amides is 1. The molecule has 0 aliphatic heterocycles. The number of carbonyl (C=O) groups is 2. The number of hydrogen-bond acceptors (Lipinski definition) is 3. The number of carboxylic acids is 1. The zero-order chi connectivity index (χ0) is 12.0. The van der Waals surface area contributed by atoms with Crippen molar-refractivity contribution in [1.29, 1.82) is 0 Å². The molecular weight excluding hydrogens is 208 g/mol. The highest BCUT2D eigenvalue weighted by atomic mass is 16.4. The number of rotatable bonds is 5. The van der Waals surface area contributed by atoms with Gasteiger partial charge in [0.2, 0.25) is 5.91 Å². The van der Waals surface area contributed by atoms with Gasteiger partial charge in [-0.1, -0.05) is 19.3 Å². The Balaban J connectivity index is 2.52. The summed E-state index contributed by atoms with van der Waals surface area (Å²) in [7, 11) is 1.66. The summed E-state index contributed by atoms with van der Waals surface area (Å²) < 4.78 is 0. The number of aliphatic carboxylic acids is 1. The van der Waals surface area contributed by atoms with Crippen LogP contribution in [0.1, 0.15) is 32.1 Å². The topological polar surface area (TPSA) is 78.4 Å². The van der Waals surface area contributed by atoms with Gasteiger partial charge in [0.15, 0.2) is 0 Å². The van der Waals surface area contributed by atoms with Crippen molar-refractivity contribution in [3.63, 3.8) is 0 Å². The maximum Gasteiger partial charge on any atom is 0.326 e. The third-order valence-electron chi connectivity index (χ3n) is 3.04. The number of hydrogen-bond donors (Lipinski definition) is 3. The minimum atomic E-state index is -0.920. The molecular formula is C11H20N2O3. The van der Waals surface area contributed by atoms with Crippen LogP contribution in [0.5, 0.6) is 0 Å². The second-order valence-electron chi connectivity index (χ2n) is 4.31. The Morgan fingerprint density at radius 2 is 1.94 bits per heavy atom. The molecule has 1 aliphatic rings. The van der Waals surface area contributed by atoms with Crippen molar-refractivity contribution in [2.45, 2.75) is 38.1 Å². The molecule has 0 aromatic rings. The highest BCUT2D eigenvalue weighted by Gasteiger charge is 2.30. The highest BCUT2D eigenvalue weighted by molar-refractivity contribution is 5.84. The zero-order valence-corrected chi connectivity index (χ0v) is 9.66. The number of nitrogens with one attached hydrogen (secondary N) is 2. The van der Waals surface area contributed by atoms with Crippen LogP contribution >= 0.6 is 0 Å². The first kappa shape index (κ1) is 13.0. The van der Waals surface area contributed by atoms with Gasteiger partial charge in [0, 0.05) is 0 Å². The van der Waals surface area contributed by atoms with E-state index in [4.69, 9.17) is 5.11 Å². The van der Waals surface area contributed by atoms with E-state index < -0.39 is 12.0 Å². The molecule has 16 heavy (non-hydrogen) atoms. The maximum absolute atomic E-state index is 11.4. The second kappa shape index (κ2) is 6.48. The molecule has 0 bridgehead atoms. The summed E-state index contributed by atoms with van der Waals surface area (Å²) in [6, 6.07) is -0.721. The van der Waals surface area contributed by atoms with E-state index in [9.17, 15) is 9.59 Å². The average Bonchev–Trinajstić information content (AvgIpc) is 2.27. The lowest BCUT2D eigenvalue weighted by Gasteiger charge is -2.27. The third kappa shape index (κ3) is 3.81. The quantitative estimate of drug-likeness (QED) is 0.634. The number of likely N-dealkylation sites (N-methyl/N-ethyl adjacent to an activating group) is 1. The highest BCUT2D eigenvalue weighted by Crippen LogP contribution is 2.26. The van der Waals surface area contributed by atoms with Crippen molar-refractivity contribution in [2.24, 2.45) is 5.92 Å². The summed E-state index contributed by atoms with van der Waals surface area (Å²) in [6.45, 7) is 0.163. The fraction of sp³-hybridized carbons (Fsp3) is 0.818. The predicted octanol–water partition coefficient (Wildman–Crippen LogP) is 0.355. The Kier molecular flexibility index (Phi) is 5.25. The molecule has 1 atom stereocenters. The minimum Gasteiger partial charge on any atom is -0.480 e. The van der Waals surface area contributed by atoms with Gasteiger partial charge < -0.3 is 15.7 Å². The Morgan fingerprint density at radius 3 is 2.44 bits per heavy atom. The molecule has 5 nitrogen and oxygen atoms in total. The first-order valence-electron chi connectivity index (χ1n) is 5.82. The summed E-state index contributed by atoms with van der Waals surface area (Å²) in [5.41, 5.74) is 0. The van der Waals surface area contributed by atoms with Crippen molar-refractivity contribution in [2.75, 3.05) is 13.6 Å². The van der Waals surface area contributed by atoms with Gasteiger partial charge in [-0.05, 0) is 25.8 Å². The molecule has 1 aliphatic carbocycles. The first-order valence-corrected chi connectivity index (χ1v) is 5.82. The fourth-order valence-electron chi connectivity index (χ4n) is 2.23. The van der Waals surface area contributed by atoms with Gasteiger partial charge in [-0.25, -0.2) is 4.79 Å². The monoisotopic (exact) mass is 228 g/mol. The van der Waals surface area contributed by atoms with E-state index in [1.54, 1.807) is 7.05 Å². The van der Waals surface area contributed by atoms with E-state index in [0.717, 1.165) is 25.7 Å². The largest absolute Gasteiger partial charge is 0.480 e. The number of carbonyl (C=O) groups excluding carboxylic acids is 1. The Labute approximate surface area is 95.6 Å². The molecule has 1 saturated carbocycles. The molecule has 3 N–H and O–H groups in total. The molecule has 1 unspecified atom stereocenters. The zero-order valence-electron chi connectivity index (χ0n) is 9.66. The smallest absolute Gasteiger partial charge is 0.326 e. The van der Waals surface area contributed by atoms with Gasteiger partial charge in [-0.3, -0.25) is 4.79 Å². The Bertz CT molecular complexity index is 248. The SMILES string of the molecule is CNCC(=O)NC(C(=O)O)C1CCCCC1. The maximum atomic E-state index is 11.4. The second-order valence-corrected chi connectivity index (χ2v) is 4.31. The van der Waals surface area contributed by atoms with E-state index >= 15 is 0 Å². The lowest BCUT2D eigenvalue weighted by molar-refractivity contribution is -0.143. The van der Waals surface area contributed by atoms with Crippen molar-refractivity contribution < 1.29 is 14.7 Å². The molecule has 1 amide bonds. The predicted molar refractivity (Wildman–Crippen MR) is 60.1 cm³/mol. The van der Waals surface area contributed by atoms with Crippen LogP contribution in [0.15, 0.2) is 0 Å². The molecule has 0 spiro atoms. The number of carboxylic acid groups (broad SMARTS) is 1. The van der Waals surface area contributed by atoms with Crippen LogP contribution in [0.2, 0.25) is 0 Å². The van der Waals surface area contributed by atoms with Crippen LogP contribution in [0.25, 0.3) is 0 Å². The van der Waals surface area contributed by atoms with Gasteiger partial charge in [0.25, 0.3) is 0 Å². The van der Waals surface area contributed by atoms with Gasteiger partial charge in [-0.15, -0.1) is 0 Å². The summed E-state index contributed by atoms with van der Waals surface area (Å²) in [6.07, 6.45) is 5.10. The molecule has 0 aromatic heterocycles. The van der Waals surface area contributed by atoms with E-state index in [1.807, 2.05) is 0 Å². The Morgan fingerprint density at radius 1 is 1.31 bits per heavy atom. The normalized spacial score (nSPS) is 19.1. The van der Waals surface area contributed by atoms with E-state index in [2.05, 4.69) is 10.6 Å². The first-order chi connectivity index (χ1) is 7.65. The summed E-state index contributed by atoms with van der Waals surface area (Å²) in [5.74, 6) is -1.08. The van der Waals surface area contributed by atoms with E-state index in [0.29, 0.717) is 0 Å². The van der Waals surface area contributed by atoms with Crippen LogP contribution in [-0.2, 0) is 9.59 Å². The minimum absolute atomic E-state index is 0.0899. The van der Waals surface area contributed by atoms with Crippen LogP contribution in [0, 0.1) is 5.92 Å². The van der Waals surface area contributed by atoms with Gasteiger partial charge >= 0.3 is 5.97 Å². The molecule has 0 aromatic carbocycles. The molecule has 1 fully saturated rings. The van der Waals surface area contributed by atoms with Crippen molar-refractivity contribution in [3.05, 3.63) is 0 Å². The average molecular weight is 228 g/mol. The fourth-order valence-corrected chi connectivity index (χ4v) is 2.23. The van der Waals surface area contributed by atoms with Crippen molar-refractivity contribution >= 4 is 11.9 Å². The molecule has 92 valence electrons. The third-order valence-corrected chi connectivity index (χ3v) is 3.04. The van der Waals surface area contributed by atoms with Crippen LogP contribution in [0.4, 0.5) is 0 Å². The lowest BCUT2D eigenvalue weighted by Crippen LogP contribution is -2.48. The van der Waals surface area contributed by atoms with Crippen LogP contribution in [-0.4, -0.2) is 36.6 Å². The van der Waals surface area contributed by atoms with Gasteiger partial charge in [0.1, 0.15) is 6.04 Å². The standard InChI is InChI=1S/C11H20N2O3/c1-12-7-9(14)13-10(11(15)16)8-5-3-2-4-6-8/h8,10,12H,2-7H2,1H3,(H,13,14)(H,15,16).